The Morgan fingerprint density at radius 1 is 1.03 bits per heavy atom. The summed E-state index contributed by atoms with van der Waals surface area (Å²) in [6, 6.07) is 13.1. The van der Waals surface area contributed by atoms with E-state index < -0.39 is 29.8 Å². The number of carboxylic acids is 1. The maximum atomic E-state index is 12.8. The molecule has 0 spiro atoms. The number of amides is 1. The zero-order valence-electron chi connectivity index (χ0n) is 17.7. The number of aliphatic carboxylic acids is 1. The van der Waals surface area contributed by atoms with Crippen molar-refractivity contribution in [3.63, 3.8) is 0 Å². The predicted molar refractivity (Wildman–Crippen MR) is 114 cm³/mol. The van der Waals surface area contributed by atoms with Crippen molar-refractivity contribution in [3.05, 3.63) is 59.7 Å². The van der Waals surface area contributed by atoms with Gasteiger partial charge in [-0.15, -0.1) is 0 Å². The number of Topliss-reactive ketones (excluding diaryl/α,β-unsaturated/α-hetero) is 1. The highest BCUT2D eigenvalue weighted by Crippen LogP contribution is 2.24. The molecule has 0 aromatic heterocycles. The zero-order valence-corrected chi connectivity index (χ0v) is 17.7. The first-order chi connectivity index (χ1) is 15.3. The van der Waals surface area contributed by atoms with E-state index in [9.17, 15) is 24.3 Å². The summed E-state index contributed by atoms with van der Waals surface area (Å²) in [5.41, 5.74) is 1.58. The van der Waals surface area contributed by atoms with Crippen LogP contribution < -0.4 is 10.1 Å². The summed E-state index contributed by atoms with van der Waals surface area (Å²) in [5, 5.41) is 12.1. The molecular weight excluding hydrogens is 414 g/mol. The predicted octanol–water partition coefficient (Wildman–Crippen LogP) is 2.68. The number of hydrogen-bond acceptors (Lipinski definition) is 6. The molecule has 2 atom stereocenters. The van der Waals surface area contributed by atoms with Crippen LogP contribution in [0.3, 0.4) is 0 Å². The van der Waals surface area contributed by atoms with Gasteiger partial charge in [-0.3, -0.25) is 14.4 Å². The smallest absolute Gasteiger partial charge is 0.326 e. The molecule has 2 N–H and O–H groups in total. The minimum Gasteiger partial charge on any atom is -0.480 e. The number of carboxylic acid groups (broad SMARTS) is 1. The van der Waals surface area contributed by atoms with E-state index in [0.29, 0.717) is 23.5 Å². The Hall–Kier alpha value is -3.68. The van der Waals surface area contributed by atoms with E-state index in [1.165, 1.54) is 7.11 Å². The van der Waals surface area contributed by atoms with Crippen LogP contribution in [0.4, 0.5) is 0 Å². The van der Waals surface area contributed by atoms with Gasteiger partial charge in [0, 0.05) is 19.3 Å². The molecule has 0 aliphatic carbocycles. The summed E-state index contributed by atoms with van der Waals surface area (Å²) in [5.74, 6) is -2.53. The quantitative estimate of drug-likeness (QED) is 0.706. The minimum absolute atomic E-state index is 0.0374. The van der Waals surface area contributed by atoms with Crippen LogP contribution in [-0.2, 0) is 36.8 Å². The lowest BCUT2D eigenvalue weighted by atomic mass is 9.94. The molecule has 0 saturated carbocycles. The van der Waals surface area contributed by atoms with Crippen LogP contribution in [0, 0.1) is 5.92 Å². The number of methoxy groups -OCH3 is 1. The second kappa shape index (κ2) is 10.6. The van der Waals surface area contributed by atoms with Gasteiger partial charge in [-0.1, -0.05) is 24.3 Å². The van der Waals surface area contributed by atoms with Gasteiger partial charge in [0.15, 0.2) is 0 Å². The standard InChI is InChI=1S/C24H25NO7/c1-31-22(27)14-17-13-18(26)8-5-15-3-2-4-20(11-15)32-19-9-6-16(7-10-19)12-21(24(29)30)25-23(17)28/h2-4,6-7,9-11,17,21H,5,8,12-14H2,1H3,(H,25,28)(H,29,30)/t17-,21-/m0/s1. The van der Waals surface area contributed by atoms with Crippen LogP contribution in [0.15, 0.2) is 48.5 Å². The maximum absolute atomic E-state index is 12.8. The van der Waals surface area contributed by atoms with E-state index in [1.54, 1.807) is 24.3 Å². The lowest BCUT2D eigenvalue weighted by Gasteiger charge is -2.20. The number of benzene rings is 2. The number of rotatable bonds is 3. The second-order valence-electron chi connectivity index (χ2n) is 7.72. The molecule has 2 aliphatic heterocycles. The van der Waals surface area contributed by atoms with Crippen LogP contribution in [0.5, 0.6) is 11.5 Å². The molecule has 2 aromatic rings. The fraction of sp³-hybridized carbons (Fsp3) is 0.333. The highest BCUT2D eigenvalue weighted by molar-refractivity contribution is 5.91. The van der Waals surface area contributed by atoms with Crippen LogP contribution in [0.1, 0.15) is 30.4 Å². The van der Waals surface area contributed by atoms with Crippen molar-refractivity contribution in [1.29, 1.82) is 0 Å². The van der Waals surface area contributed by atoms with Crippen molar-refractivity contribution in [2.24, 2.45) is 5.92 Å². The van der Waals surface area contributed by atoms with Crippen molar-refractivity contribution in [2.45, 2.75) is 38.1 Å². The Labute approximate surface area is 185 Å². The van der Waals surface area contributed by atoms with Crippen LogP contribution in [0.2, 0.25) is 0 Å². The number of hydrogen-bond donors (Lipinski definition) is 2. The van der Waals surface area contributed by atoms with E-state index in [0.717, 1.165) is 5.56 Å². The van der Waals surface area contributed by atoms with E-state index in [-0.39, 0.29) is 31.5 Å². The van der Waals surface area contributed by atoms with Crippen molar-refractivity contribution >= 4 is 23.6 Å². The summed E-state index contributed by atoms with van der Waals surface area (Å²) >= 11 is 0. The van der Waals surface area contributed by atoms with Gasteiger partial charge < -0.3 is 19.9 Å². The normalized spacial score (nSPS) is 19.4. The number of carbonyl (C=O) groups excluding carboxylic acids is 3. The molecule has 0 radical (unpaired) electrons. The molecule has 4 bridgehead atoms. The molecule has 32 heavy (non-hydrogen) atoms. The summed E-state index contributed by atoms with van der Waals surface area (Å²) in [4.78, 5) is 48.9. The van der Waals surface area contributed by atoms with E-state index in [4.69, 9.17) is 4.74 Å². The van der Waals surface area contributed by atoms with Gasteiger partial charge in [-0.2, -0.15) is 0 Å². The molecule has 2 heterocycles. The Kier molecular flexibility index (Phi) is 7.59. The van der Waals surface area contributed by atoms with Crippen LogP contribution in [0.25, 0.3) is 0 Å². The van der Waals surface area contributed by atoms with Crippen molar-refractivity contribution in [3.8, 4) is 11.5 Å². The third kappa shape index (κ3) is 6.41. The molecule has 168 valence electrons. The summed E-state index contributed by atoms with van der Waals surface area (Å²) in [6.07, 6.45) is 0.163. The first-order valence-electron chi connectivity index (χ1n) is 10.3. The SMILES string of the molecule is COC(=O)C[C@@H]1CC(=O)CCc2cccc(c2)Oc2ccc(cc2)C[C@@H](C(=O)O)NC1=O. The van der Waals surface area contributed by atoms with Gasteiger partial charge in [0.2, 0.25) is 5.91 Å². The zero-order chi connectivity index (χ0) is 23.1. The number of ketones is 1. The van der Waals surface area contributed by atoms with Crippen molar-refractivity contribution in [1.82, 2.24) is 5.32 Å². The van der Waals surface area contributed by atoms with Crippen LogP contribution >= 0.6 is 0 Å². The third-order valence-electron chi connectivity index (χ3n) is 5.29. The number of ether oxygens (including phenoxy) is 2. The average Bonchev–Trinajstić information content (AvgIpc) is 2.77. The summed E-state index contributed by atoms with van der Waals surface area (Å²) in [6.45, 7) is 0. The van der Waals surface area contributed by atoms with E-state index in [1.807, 2.05) is 24.3 Å². The van der Waals surface area contributed by atoms with Gasteiger partial charge >= 0.3 is 11.9 Å². The largest absolute Gasteiger partial charge is 0.480 e. The lowest BCUT2D eigenvalue weighted by molar-refractivity contribution is -0.146. The van der Waals surface area contributed by atoms with Gasteiger partial charge in [0.25, 0.3) is 0 Å². The first kappa shape index (κ1) is 23.0. The number of nitrogens with one attached hydrogen (secondary N) is 1. The molecule has 0 fully saturated rings. The number of aryl methyl sites for hydroxylation is 1. The van der Waals surface area contributed by atoms with Crippen LogP contribution in [-0.4, -0.2) is 41.9 Å². The third-order valence-corrected chi connectivity index (χ3v) is 5.29. The van der Waals surface area contributed by atoms with Gasteiger partial charge in [-0.25, -0.2) is 4.79 Å². The molecule has 4 rings (SSSR count). The van der Waals surface area contributed by atoms with E-state index >= 15 is 0 Å². The summed E-state index contributed by atoms with van der Waals surface area (Å²) < 4.78 is 10.5. The Morgan fingerprint density at radius 2 is 1.78 bits per heavy atom. The van der Waals surface area contributed by atoms with Gasteiger partial charge in [0.1, 0.15) is 23.3 Å². The Morgan fingerprint density at radius 3 is 2.47 bits per heavy atom. The van der Waals surface area contributed by atoms with Gasteiger partial charge in [0.05, 0.1) is 19.4 Å². The van der Waals surface area contributed by atoms with E-state index in [2.05, 4.69) is 10.1 Å². The summed E-state index contributed by atoms with van der Waals surface area (Å²) in [7, 11) is 1.19. The first-order valence-corrected chi connectivity index (χ1v) is 10.3. The Bertz CT molecular complexity index is 1000. The lowest BCUT2D eigenvalue weighted by Crippen LogP contribution is -2.45. The number of fused-ring (bicyclic) bond motifs is 10. The van der Waals surface area contributed by atoms with Gasteiger partial charge in [-0.05, 0) is 41.8 Å². The van der Waals surface area contributed by atoms with Crippen molar-refractivity contribution < 1.29 is 33.8 Å². The molecule has 8 nitrogen and oxygen atoms in total. The number of esters is 1. The fourth-order valence-corrected chi connectivity index (χ4v) is 3.52. The molecule has 2 aromatic carbocycles. The Balaban J connectivity index is 1.91. The molecular formula is C24H25NO7. The monoisotopic (exact) mass is 439 g/mol. The topological polar surface area (TPSA) is 119 Å². The second-order valence-corrected chi connectivity index (χ2v) is 7.72. The highest BCUT2D eigenvalue weighted by Gasteiger charge is 2.29. The van der Waals surface area contributed by atoms with Crippen molar-refractivity contribution in [2.75, 3.05) is 7.11 Å². The molecule has 0 saturated heterocycles. The number of carbonyl (C=O) groups is 4. The molecule has 1 amide bonds. The molecule has 0 unspecified atom stereocenters. The molecule has 2 aliphatic rings. The molecule has 8 heteroatoms. The minimum atomic E-state index is -1.21. The fourth-order valence-electron chi connectivity index (χ4n) is 3.52. The maximum Gasteiger partial charge on any atom is 0.326 e. The highest BCUT2D eigenvalue weighted by atomic mass is 16.5. The average molecular weight is 439 g/mol.